The quantitative estimate of drug-likeness (QED) is 0.770. The van der Waals surface area contributed by atoms with E-state index in [0.717, 1.165) is 0 Å². The average Bonchev–Trinajstić information content (AvgIpc) is 2.79. The van der Waals surface area contributed by atoms with Crippen LogP contribution in [0.15, 0.2) is 12.1 Å². The van der Waals surface area contributed by atoms with Gasteiger partial charge in [0, 0.05) is 24.1 Å². The summed E-state index contributed by atoms with van der Waals surface area (Å²) in [6.07, 6.45) is 1.37. The van der Waals surface area contributed by atoms with Crippen LogP contribution in [0.5, 0.6) is 5.75 Å². The Bertz CT molecular complexity index is 419. The number of rotatable bonds is 5. The van der Waals surface area contributed by atoms with E-state index in [9.17, 15) is 8.78 Å². The lowest BCUT2D eigenvalue weighted by Gasteiger charge is -2.21. The second-order valence-electron chi connectivity index (χ2n) is 4.79. The second kappa shape index (κ2) is 5.84. The van der Waals surface area contributed by atoms with Crippen LogP contribution < -0.4 is 4.74 Å². The molecule has 0 unspecified atom stereocenters. The lowest BCUT2D eigenvalue weighted by molar-refractivity contribution is -0.148. The Morgan fingerprint density at radius 2 is 1.79 bits per heavy atom. The van der Waals surface area contributed by atoms with E-state index in [1.165, 1.54) is 19.1 Å². The van der Waals surface area contributed by atoms with Gasteiger partial charge in [-0.3, -0.25) is 0 Å². The van der Waals surface area contributed by atoms with Crippen LogP contribution in [0.25, 0.3) is 0 Å². The van der Waals surface area contributed by atoms with E-state index in [0.29, 0.717) is 32.7 Å². The molecule has 0 saturated carbocycles. The molecule has 0 aromatic heterocycles. The van der Waals surface area contributed by atoms with Gasteiger partial charge in [-0.25, -0.2) is 8.78 Å². The van der Waals surface area contributed by atoms with E-state index < -0.39 is 17.4 Å². The maximum atomic E-state index is 13.3. The SMILES string of the molecule is Cc1c(F)cc(OCCCC2(C)OCCO2)cc1F. The summed E-state index contributed by atoms with van der Waals surface area (Å²) in [6, 6.07) is 2.39. The van der Waals surface area contributed by atoms with Crippen molar-refractivity contribution < 1.29 is 23.0 Å². The number of ether oxygens (including phenoxy) is 3. The van der Waals surface area contributed by atoms with Crippen LogP contribution in [0, 0.1) is 18.6 Å². The molecule has 1 aliphatic rings. The van der Waals surface area contributed by atoms with Gasteiger partial charge in [0.1, 0.15) is 17.4 Å². The Kier molecular flexibility index (Phi) is 4.37. The molecular weight excluding hydrogens is 254 g/mol. The van der Waals surface area contributed by atoms with E-state index in [2.05, 4.69) is 0 Å². The summed E-state index contributed by atoms with van der Waals surface area (Å²) in [5.74, 6) is -1.53. The summed E-state index contributed by atoms with van der Waals surface area (Å²) in [7, 11) is 0. The Balaban J connectivity index is 1.79. The van der Waals surface area contributed by atoms with Crippen LogP contribution in [0.4, 0.5) is 8.78 Å². The molecule has 1 heterocycles. The van der Waals surface area contributed by atoms with E-state index >= 15 is 0 Å². The smallest absolute Gasteiger partial charge is 0.165 e. The molecule has 3 nitrogen and oxygen atoms in total. The molecule has 0 radical (unpaired) electrons. The molecule has 1 saturated heterocycles. The summed E-state index contributed by atoms with van der Waals surface area (Å²) in [5, 5.41) is 0. The molecule has 2 rings (SSSR count). The molecule has 0 spiro atoms. The maximum absolute atomic E-state index is 13.3. The first-order valence-corrected chi connectivity index (χ1v) is 6.36. The second-order valence-corrected chi connectivity index (χ2v) is 4.79. The molecule has 1 fully saturated rings. The molecule has 5 heteroatoms. The van der Waals surface area contributed by atoms with E-state index in [-0.39, 0.29) is 11.3 Å². The largest absolute Gasteiger partial charge is 0.493 e. The van der Waals surface area contributed by atoms with E-state index in [1.807, 2.05) is 6.92 Å². The van der Waals surface area contributed by atoms with Gasteiger partial charge in [0.15, 0.2) is 5.79 Å². The third-order valence-electron chi connectivity index (χ3n) is 3.20. The Morgan fingerprint density at radius 1 is 1.21 bits per heavy atom. The molecule has 106 valence electrons. The van der Waals surface area contributed by atoms with Crippen LogP contribution >= 0.6 is 0 Å². The van der Waals surface area contributed by atoms with Crippen molar-refractivity contribution in [3.05, 3.63) is 29.3 Å². The van der Waals surface area contributed by atoms with Crippen molar-refractivity contribution in [3.63, 3.8) is 0 Å². The number of halogens is 2. The minimum atomic E-state index is -0.593. The fourth-order valence-electron chi connectivity index (χ4n) is 1.99. The predicted molar refractivity (Wildman–Crippen MR) is 66.1 cm³/mol. The van der Waals surface area contributed by atoms with Crippen molar-refractivity contribution in [3.8, 4) is 5.75 Å². The first kappa shape index (κ1) is 14.2. The Morgan fingerprint density at radius 3 is 2.37 bits per heavy atom. The molecule has 0 atom stereocenters. The van der Waals surface area contributed by atoms with Crippen LogP contribution in [-0.2, 0) is 9.47 Å². The van der Waals surface area contributed by atoms with Gasteiger partial charge >= 0.3 is 0 Å². The van der Waals surface area contributed by atoms with Crippen LogP contribution in [0.3, 0.4) is 0 Å². The summed E-state index contributed by atoms with van der Waals surface area (Å²) >= 11 is 0. The molecule has 1 aliphatic heterocycles. The normalized spacial score (nSPS) is 17.7. The van der Waals surface area contributed by atoms with Crippen molar-refractivity contribution >= 4 is 0 Å². The van der Waals surface area contributed by atoms with Crippen molar-refractivity contribution in [1.82, 2.24) is 0 Å². The summed E-state index contributed by atoms with van der Waals surface area (Å²) in [5.41, 5.74) is 0.00705. The highest BCUT2D eigenvalue weighted by atomic mass is 19.1. The van der Waals surface area contributed by atoms with Crippen molar-refractivity contribution in [1.29, 1.82) is 0 Å². The number of hydrogen-bond donors (Lipinski definition) is 0. The fraction of sp³-hybridized carbons (Fsp3) is 0.571. The maximum Gasteiger partial charge on any atom is 0.165 e. The van der Waals surface area contributed by atoms with Gasteiger partial charge in [-0.2, -0.15) is 0 Å². The van der Waals surface area contributed by atoms with Gasteiger partial charge in [-0.15, -0.1) is 0 Å². The van der Waals surface area contributed by atoms with Gasteiger partial charge in [0.05, 0.1) is 19.8 Å². The van der Waals surface area contributed by atoms with Gasteiger partial charge < -0.3 is 14.2 Å². The molecular formula is C14H18F2O3. The lowest BCUT2D eigenvalue weighted by atomic mass is 10.2. The minimum absolute atomic E-state index is 0.00705. The van der Waals surface area contributed by atoms with Crippen molar-refractivity contribution in [2.24, 2.45) is 0 Å². The highest BCUT2D eigenvalue weighted by molar-refractivity contribution is 5.29. The summed E-state index contributed by atoms with van der Waals surface area (Å²) < 4.78 is 42.8. The summed E-state index contributed by atoms with van der Waals surface area (Å²) in [4.78, 5) is 0. The highest BCUT2D eigenvalue weighted by Gasteiger charge is 2.30. The summed E-state index contributed by atoms with van der Waals surface area (Å²) in [6.45, 7) is 4.84. The monoisotopic (exact) mass is 272 g/mol. The van der Waals surface area contributed by atoms with Crippen molar-refractivity contribution in [2.45, 2.75) is 32.5 Å². The first-order valence-electron chi connectivity index (χ1n) is 6.36. The predicted octanol–water partition coefficient (Wildman–Crippen LogP) is 3.20. The molecule has 0 bridgehead atoms. The van der Waals surface area contributed by atoms with E-state index in [1.54, 1.807) is 0 Å². The number of hydrogen-bond acceptors (Lipinski definition) is 3. The van der Waals surface area contributed by atoms with Crippen LogP contribution in [0.1, 0.15) is 25.3 Å². The Hall–Kier alpha value is -1.20. The highest BCUT2D eigenvalue weighted by Crippen LogP contribution is 2.24. The van der Waals surface area contributed by atoms with Gasteiger partial charge in [0.2, 0.25) is 0 Å². The lowest BCUT2D eigenvalue weighted by Crippen LogP contribution is -2.25. The zero-order valence-electron chi connectivity index (χ0n) is 11.2. The third-order valence-corrected chi connectivity index (χ3v) is 3.20. The minimum Gasteiger partial charge on any atom is -0.493 e. The molecule has 1 aromatic carbocycles. The zero-order chi connectivity index (χ0) is 13.9. The molecule has 0 amide bonds. The Labute approximate surface area is 111 Å². The number of benzene rings is 1. The molecule has 0 aliphatic carbocycles. The van der Waals surface area contributed by atoms with Gasteiger partial charge in [-0.1, -0.05) is 0 Å². The average molecular weight is 272 g/mol. The molecule has 1 aromatic rings. The van der Waals surface area contributed by atoms with E-state index in [4.69, 9.17) is 14.2 Å². The fourth-order valence-corrected chi connectivity index (χ4v) is 1.99. The topological polar surface area (TPSA) is 27.7 Å². The van der Waals surface area contributed by atoms with Crippen LogP contribution in [-0.4, -0.2) is 25.6 Å². The molecule has 0 N–H and O–H groups in total. The first-order chi connectivity index (χ1) is 9.00. The van der Waals surface area contributed by atoms with Gasteiger partial charge in [-0.05, 0) is 20.3 Å². The third kappa shape index (κ3) is 3.64. The van der Waals surface area contributed by atoms with Crippen molar-refractivity contribution in [2.75, 3.05) is 19.8 Å². The standard InChI is InChI=1S/C14H18F2O3/c1-10-12(15)8-11(9-13(10)16)17-5-3-4-14(2)18-6-7-19-14/h8-9H,3-7H2,1-2H3. The van der Waals surface area contributed by atoms with Gasteiger partial charge in [0.25, 0.3) is 0 Å². The van der Waals surface area contributed by atoms with Crippen LogP contribution in [0.2, 0.25) is 0 Å². The zero-order valence-corrected chi connectivity index (χ0v) is 11.2. The molecule has 19 heavy (non-hydrogen) atoms.